The van der Waals surface area contributed by atoms with Gasteiger partial charge in [-0.3, -0.25) is 4.79 Å². The van der Waals surface area contributed by atoms with Gasteiger partial charge in [-0.2, -0.15) is 0 Å². The van der Waals surface area contributed by atoms with Crippen molar-refractivity contribution in [2.75, 3.05) is 0 Å². The molecule has 0 bridgehead atoms. The molecule has 0 saturated carbocycles. The van der Waals surface area contributed by atoms with Crippen molar-refractivity contribution in [3.05, 3.63) is 0 Å². The summed E-state index contributed by atoms with van der Waals surface area (Å²) in [5.41, 5.74) is 0. The lowest BCUT2D eigenvalue weighted by Crippen LogP contribution is -2.20. The standard InChI is InChI=1S/C50H100O2/c1-40(2)22-14-13-15-35-50(51)52-49(38-36-47(11)33-20-31-45(9)29-18-27-43(7)25-16-23-41(3)4)39-37-48(12)34-21-32-46(10)30-19-28-44(8)26-17-24-42(5)6/h40-49H,13-39H2,1-12H3. The molecule has 0 aromatic heterocycles. The highest BCUT2D eigenvalue weighted by Gasteiger charge is 2.18. The van der Waals surface area contributed by atoms with E-state index in [4.69, 9.17) is 4.74 Å². The van der Waals surface area contributed by atoms with Gasteiger partial charge in [0.1, 0.15) is 6.10 Å². The first-order valence-corrected chi connectivity index (χ1v) is 23.9. The second-order valence-electron chi connectivity index (χ2n) is 20.3. The Morgan fingerprint density at radius 1 is 0.308 bits per heavy atom. The van der Waals surface area contributed by atoms with Crippen LogP contribution in [0.25, 0.3) is 0 Å². The molecular weight excluding hydrogens is 633 g/mol. The maximum absolute atomic E-state index is 12.9. The minimum absolute atomic E-state index is 0.0565. The van der Waals surface area contributed by atoms with Gasteiger partial charge >= 0.3 is 5.97 Å². The average molecular weight is 733 g/mol. The summed E-state index contributed by atoms with van der Waals surface area (Å²) in [6.07, 6.45) is 34.7. The van der Waals surface area contributed by atoms with E-state index in [2.05, 4.69) is 83.1 Å². The Bertz CT molecular complexity index is 722. The molecule has 52 heavy (non-hydrogen) atoms. The second-order valence-corrected chi connectivity index (χ2v) is 20.3. The highest BCUT2D eigenvalue weighted by molar-refractivity contribution is 5.69. The molecule has 2 nitrogen and oxygen atoms in total. The van der Waals surface area contributed by atoms with Crippen molar-refractivity contribution in [2.24, 2.45) is 53.3 Å². The molecule has 2 heteroatoms. The van der Waals surface area contributed by atoms with Crippen LogP contribution in [0.1, 0.15) is 256 Å². The zero-order chi connectivity index (χ0) is 39.1. The summed E-state index contributed by atoms with van der Waals surface area (Å²) >= 11 is 0. The molecule has 0 saturated heterocycles. The first kappa shape index (κ1) is 51.5. The Hall–Kier alpha value is -0.530. The zero-order valence-electron chi connectivity index (χ0n) is 38.2. The van der Waals surface area contributed by atoms with Crippen molar-refractivity contribution in [1.82, 2.24) is 0 Å². The Kier molecular flexibility index (Phi) is 33.4. The van der Waals surface area contributed by atoms with Gasteiger partial charge in [0.15, 0.2) is 0 Å². The molecule has 0 amide bonds. The predicted molar refractivity (Wildman–Crippen MR) is 234 cm³/mol. The van der Waals surface area contributed by atoms with E-state index in [1.807, 2.05) is 0 Å². The molecule has 6 unspecified atom stereocenters. The van der Waals surface area contributed by atoms with E-state index in [1.54, 1.807) is 0 Å². The number of hydrogen-bond donors (Lipinski definition) is 0. The number of carbonyl (C=O) groups is 1. The highest BCUT2D eigenvalue weighted by Crippen LogP contribution is 2.27. The van der Waals surface area contributed by atoms with Crippen LogP contribution in [0.4, 0.5) is 0 Å². The SMILES string of the molecule is CC(C)CCCCCC(=O)OC(CCC(C)CCCC(C)CCCC(C)CCCC(C)C)CCC(C)CCCC(C)CCCC(C)CCCC(C)C. The van der Waals surface area contributed by atoms with Crippen molar-refractivity contribution in [2.45, 2.75) is 263 Å². The zero-order valence-corrected chi connectivity index (χ0v) is 38.2. The molecule has 0 aromatic rings. The summed E-state index contributed by atoms with van der Waals surface area (Å²) in [4.78, 5) is 12.9. The molecule has 0 N–H and O–H groups in total. The lowest BCUT2D eigenvalue weighted by atomic mass is 9.89. The summed E-state index contributed by atoms with van der Waals surface area (Å²) in [7, 11) is 0. The molecule has 0 radical (unpaired) electrons. The van der Waals surface area contributed by atoms with Gasteiger partial charge in [0, 0.05) is 6.42 Å². The van der Waals surface area contributed by atoms with Gasteiger partial charge in [-0.05, 0) is 85.4 Å². The molecular formula is C50H100O2. The van der Waals surface area contributed by atoms with Gasteiger partial charge in [-0.15, -0.1) is 0 Å². The smallest absolute Gasteiger partial charge is 0.306 e. The van der Waals surface area contributed by atoms with Crippen molar-refractivity contribution in [3.63, 3.8) is 0 Å². The number of carbonyl (C=O) groups excluding carboxylic acids is 1. The maximum atomic E-state index is 12.9. The monoisotopic (exact) mass is 733 g/mol. The topological polar surface area (TPSA) is 26.3 Å². The van der Waals surface area contributed by atoms with E-state index in [0.29, 0.717) is 18.3 Å². The molecule has 0 aliphatic heterocycles. The molecule has 0 aromatic carbocycles. The summed E-state index contributed by atoms with van der Waals surface area (Å²) in [6, 6.07) is 0. The van der Waals surface area contributed by atoms with Gasteiger partial charge < -0.3 is 4.74 Å². The Morgan fingerprint density at radius 2 is 0.577 bits per heavy atom. The van der Waals surface area contributed by atoms with Gasteiger partial charge in [0.05, 0.1) is 0 Å². The van der Waals surface area contributed by atoms with Crippen molar-refractivity contribution in [3.8, 4) is 0 Å². The van der Waals surface area contributed by atoms with Crippen LogP contribution in [0.3, 0.4) is 0 Å². The van der Waals surface area contributed by atoms with Crippen LogP contribution in [0.2, 0.25) is 0 Å². The number of unbranched alkanes of at least 4 members (excludes halogenated alkanes) is 2. The lowest BCUT2D eigenvalue weighted by molar-refractivity contribution is -0.150. The Labute approximate surface area is 330 Å². The minimum atomic E-state index is 0.0565. The van der Waals surface area contributed by atoms with Gasteiger partial charge in [-0.1, -0.05) is 218 Å². The predicted octanol–water partition coefficient (Wildman–Crippen LogP) is 17.2. The van der Waals surface area contributed by atoms with Gasteiger partial charge in [0.2, 0.25) is 0 Å². The minimum Gasteiger partial charge on any atom is -0.462 e. The van der Waals surface area contributed by atoms with E-state index < -0.39 is 0 Å². The fourth-order valence-electron chi connectivity index (χ4n) is 8.32. The molecule has 312 valence electrons. The quantitative estimate of drug-likeness (QED) is 0.0469. The number of esters is 1. The van der Waals surface area contributed by atoms with Crippen molar-refractivity contribution >= 4 is 5.97 Å². The van der Waals surface area contributed by atoms with Crippen LogP contribution in [-0.4, -0.2) is 12.1 Å². The second kappa shape index (κ2) is 33.8. The Balaban J connectivity index is 4.54. The molecule has 0 heterocycles. The van der Waals surface area contributed by atoms with E-state index in [1.165, 1.54) is 141 Å². The van der Waals surface area contributed by atoms with E-state index >= 15 is 0 Å². The largest absolute Gasteiger partial charge is 0.462 e. The first-order valence-electron chi connectivity index (χ1n) is 23.9. The molecule has 6 atom stereocenters. The van der Waals surface area contributed by atoms with E-state index in [9.17, 15) is 4.79 Å². The third kappa shape index (κ3) is 35.2. The van der Waals surface area contributed by atoms with Crippen LogP contribution < -0.4 is 0 Å². The molecule has 0 aliphatic rings. The molecule has 0 fully saturated rings. The summed E-state index contributed by atoms with van der Waals surface area (Å²) < 4.78 is 6.22. The fourth-order valence-corrected chi connectivity index (χ4v) is 8.32. The first-order chi connectivity index (χ1) is 24.7. The normalized spacial score (nSPS) is 16.3. The van der Waals surface area contributed by atoms with Crippen LogP contribution >= 0.6 is 0 Å². The molecule has 0 aliphatic carbocycles. The van der Waals surface area contributed by atoms with E-state index in [0.717, 1.165) is 67.1 Å². The summed E-state index contributed by atoms with van der Waals surface area (Å²) in [5.74, 6) is 7.41. The third-order valence-corrected chi connectivity index (χ3v) is 12.5. The number of ether oxygens (including phenoxy) is 1. The van der Waals surface area contributed by atoms with Gasteiger partial charge in [-0.25, -0.2) is 0 Å². The third-order valence-electron chi connectivity index (χ3n) is 12.5. The van der Waals surface area contributed by atoms with Crippen molar-refractivity contribution in [1.29, 1.82) is 0 Å². The summed E-state index contributed by atoms with van der Waals surface area (Å²) in [5, 5.41) is 0. The lowest BCUT2D eigenvalue weighted by Gasteiger charge is -2.22. The van der Waals surface area contributed by atoms with E-state index in [-0.39, 0.29) is 12.1 Å². The maximum Gasteiger partial charge on any atom is 0.306 e. The number of hydrogen-bond acceptors (Lipinski definition) is 2. The van der Waals surface area contributed by atoms with Crippen LogP contribution in [0, 0.1) is 53.3 Å². The average Bonchev–Trinajstić information content (AvgIpc) is 3.05. The van der Waals surface area contributed by atoms with Crippen molar-refractivity contribution < 1.29 is 9.53 Å². The van der Waals surface area contributed by atoms with Crippen LogP contribution in [0.5, 0.6) is 0 Å². The molecule has 0 spiro atoms. The van der Waals surface area contributed by atoms with Crippen LogP contribution in [-0.2, 0) is 9.53 Å². The summed E-state index contributed by atoms with van der Waals surface area (Å²) in [6.45, 7) is 28.7. The Morgan fingerprint density at radius 3 is 0.885 bits per heavy atom. The molecule has 0 rings (SSSR count). The van der Waals surface area contributed by atoms with Gasteiger partial charge in [0.25, 0.3) is 0 Å². The van der Waals surface area contributed by atoms with Crippen LogP contribution in [0.15, 0.2) is 0 Å². The fraction of sp³-hybridized carbons (Fsp3) is 0.980. The highest BCUT2D eigenvalue weighted by atomic mass is 16.5. The number of rotatable bonds is 37.